The summed E-state index contributed by atoms with van der Waals surface area (Å²) < 4.78 is 12.8. The second kappa shape index (κ2) is 6.30. The molecule has 3 heteroatoms. The summed E-state index contributed by atoms with van der Waals surface area (Å²) in [5.74, 6) is -0.208. The van der Waals surface area contributed by atoms with Gasteiger partial charge in [0.25, 0.3) is 0 Å². The molecule has 0 spiro atoms. The molecule has 102 valence electrons. The van der Waals surface area contributed by atoms with Crippen LogP contribution in [0, 0.1) is 11.2 Å². The van der Waals surface area contributed by atoms with Crippen molar-refractivity contribution in [1.29, 1.82) is 0 Å². The van der Waals surface area contributed by atoms with Crippen LogP contribution in [0.4, 0.5) is 4.39 Å². The van der Waals surface area contributed by atoms with Gasteiger partial charge >= 0.3 is 0 Å². The lowest BCUT2D eigenvalue weighted by Gasteiger charge is -2.28. The molecule has 1 aromatic carbocycles. The largest absolute Gasteiger partial charge is 0.393 e. The van der Waals surface area contributed by atoms with Gasteiger partial charge in [0.2, 0.25) is 0 Å². The Balaban J connectivity index is 2.50. The maximum Gasteiger partial charge on any atom is 0.123 e. The molecule has 0 amide bonds. The summed E-state index contributed by atoms with van der Waals surface area (Å²) in [5.41, 5.74) is 1.12. The van der Waals surface area contributed by atoms with Gasteiger partial charge in [-0.2, -0.15) is 0 Å². The molecule has 0 heterocycles. The maximum atomic E-state index is 12.8. The predicted octanol–water partition coefficient (Wildman–Crippen LogP) is 3.27. The number of aliphatic hydroxyl groups excluding tert-OH is 1. The van der Waals surface area contributed by atoms with Gasteiger partial charge in [-0.25, -0.2) is 4.39 Å². The molecule has 2 atom stereocenters. The van der Waals surface area contributed by atoms with E-state index in [-0.39, 0.29) is 23.4 Å². The summed E-state index contributed by atoms with van der Waals surface area (Å²) in [7, 11) is 0. The first-order chi connectivity index (χ1) is 8.30. The van der Waals surface area contributed by atoms with E-state index in [1.54, 1.807) is 12.1 Å². The van der Waals surface area contributed by atoms with E-state index in [0.717, 1.165) is 18.5 Å². The van der Waals surface area contributed by atoms with Gasteiger partial charge in [-0.05, 0) is 43.4 Å². The van der Waals surface area contributed by atoms with E-state index in [4.69, 9.17) is 0 Å². The van der Waals surface area contributed by atoms with Crippen molar-refractivity contribution in [2.24, 2.45) is 5.41 Å². The Labute approximate surface area is 109 Å². The minimum absolute atomic E-state index is 0.0441. The van der Waals surface area contributed by atoms with Crippen LogP contribution in [0.5, 0.6) is 0 Å². The van der Waals surface area contributed by atoms with Crippen molar-refractivity contribution in [3.63, 3.8) is 0 Å². The quantitative estimate of drug-likeness (QED) is 0.815. The molecule has 0 aliphatic rings. The van der Waals surface area contributed by atoms with Crippen LogP contribution in [0.25, 0.3) is 0 Å². The average molecular weight is 253 g/mol. The third-order valence-electron chi connectivity index (χ3n) is 3.10. The van der Waals surface area contributed by atoms with E-state index in [1.165, 1.54) is 12.1 Å². The zero-order chi connectivity index (χ0) is 13.8. The van der Waals surface area contributed by atoms with Crippen LogP contribution in [0.1, 0.15) is 45.7 Å². The topological polar surface area (TPSA) is 32.3 Å². The van der Waals surface area contributed by atoms with Crippen LogP contribution in [0.2, 0.25) is 0 Å². The number of benzene rings is 1. The number of nitrogens with one attached hydrogen (secondary N) is 1. The zero-order valence-electron chi connectivity index (χ0n) is 11.7. The Bertz CT molecular complexity index is 359. The number of halogens is 1. The van der Waals surface area contributed by atoms with E-state index in [9.17, 15) is 9.50 Å². The third kappa shape index (κ3) is 5.15. The number of aliphatic hydroxyl groups is 1. The van der Waals surface area contributed by atoms with Crippen LogP contribution in [-0.2, 0) is 0 Å². The third-order valence-corrected chi connectivity index (χ3v) is 3.10. The number of hydrogen-bond donors (Lipinski definition) is 2. The van der Waals surface area contributed by atoms with E-state index < -0.39 is 0 Å². The molecule has 0 fully saturated rings. The normalized spacial score (nSPS) is 15.4. The fourth-order valence-electron chi connectivity index (χ4n) is 2.17. The lowest BCUT2D eigenvalue weighted by Crippen LogP contribution is -2.33. The summed E-state index contributed by atoms with van der Waals surface area (Å²) >= 11 is 0. The SMILES string of the molecule is CC(O)CC(C)(C)CNC(C)c1ccc(F)cc1. The number of rotatable bonds is 6. The first-order valence-electron chi connectivity index (χ1n) is 6.47. The molecule has 18 heavy (non-hydrogen) atoms. The van der Waals surface area contributed by atoms with Crippen LogP contribution < -0.4 is 5.32 Å². The van der Waals surface area contributed by atoms with Gasteiger partial charge in [0.05, 0.1) is 6.10 Å². The molecule has 0 saturated carbocycles. The fraction of sp³-hybridized carbons (Fsp3) is 0.600. The lowest BCUT2D eigenvalue weighted by molar-refractivity contribution is 0.127. The van der Waals surface area contributed by atoms with Crippen LogP contribution >= 0.6 is 0 Å². The highest BCUT2D eigenvalue weighted by atomic mass is 19.1. The van der Waals surface area contributed by atoms with Gasteiger partial charge in [-0.1, -0.05) is 26.0 Å². The fourth-order valence-corrected chi connectivity index (χ4v) is 2.17. The molecule has 0 aliphatic heterocycles. The van der Waals surface area contributed by atoms with Gasteiger partial charge in [-0.3, -0.25) is 0 Å². The molecule has 0 saturated heterocycles. The van der Waals surface area contributed by atoms with Crippen molar-refractivity contribution in [3.8, 4) is 0 Å². The summed E-state index contributed by atoms with van der Waals surface area (Å²) in [4.78, 5) is 0. The number of hydrogen-bond acceptors (Lipinski definition) is 2. The van der Waals surface area contributed by atoms with Crippen LogP contribution in [-0.4, -0.2) is 17.8 Å². The van der Waals surface area contributed by atoms with Gasteiger partial charge in [0, 0.05) is 12.6 Å². The van der Waals surface area contributed by atoms with Crippen molar-refractivity contribution in [1.82, 2.24) is 5.32 Å². The predicted molar refractivity (Wildman–Crippen MR) is 72.9 cm³/mol. The molecule has 1 aromatic rings. The molecular formula is C15H24FNO. The van der Waals surface area contributed by atoms with Gasteiger partial charge in [0.15, 0.2) is 0 Å². The maximum absolute atomic E-state index is 12.8. The van der Waals surface area contributed by atoms with Crippen molar-refractivity contribution in [2.45, 2.75) is 46.3 Å². The monoisotopic (exact) mass is 253 g/mol. The van der Waals surface area contributed by atoms with E-state index in [1.807, 2.05) is 6.92 Å². The van der Waals surface area contributed by atoms with E-state index >= 15 is 0 Å². The Kier molecular flexibility index (Phi) is 5.29. The Hall–Kier alpha value is -0.930. The average Bonchev–Trinajstić information content (AvgIpc) is 2.25. The molecule has 0 radical (unpaired) electrons. The minimum Gasteiger partial charge on any atom is -0.393 e. The Morgan fingerprint density at radius 1 is 1.22 bits per heavy atom. The van der Waals surface area contributed by atoms with Gasteiger partial charge in [-0.15, -0.1) is 0 Å². The van der Waals surface area contributed by atoms with Crippen molar-refractivity contribution < 1.29 is 9.50 Å². The molecule has 2 nitrogen and oxygen atoms in total. The summed E-state index contributed by atoms with van der Waals surface area (Å²) in [5, 5.41) is 12.9. The molecule has 2 unspecified atom stereocenters. The first kappa shape index (κ1) is 15.1. The summed E-state index contributed by atoms with van der Waals surface area (Å²) in [6, 6.07) is 6.74. The van der Waals surface area contributed by atoms with Crippen molar-refractivity contribution >= 4 is 0 Å². The molecular weight excluding hydrogens is 229 g/mol. The van der Waals surface area contributed by atoms with Gasteiger partial charge < -0.3 is 10.4 Å². The molecule has 1 rings (SSSR count). The second-order valence-electron chi connectivity index (χ2n) is 5.87. The Morgan fingerprint density at radius 3 is 2.28 bits per heavy atom. The van der Waals surface area contributed by atoms with E-state index in [2.05, 4.69) is 26.1 Å². The highest BCUT2D eigenvalue weighted by Gasteiger charge is 2.21. The molecule has 0 aromatic heterocycles. The summed E-state index contributed by atoms with van der Waals surface area (Å²) in [6.07, 6.45) is 0.471. The second-order valence-corrected chi connectivity index (χ2v) is 5.87. The van der Waals surface area contributed by atoms with Gasteiger partial charge in [0.1, 0.15) is 5.82 Å². The summed E-state index contributed by atoms with van der Waals surface area (Å²) in [6.45, 7) is 8.95. The molecule has 2 N–H and O–H groups in total. The lowest BCUT2D eigenvalue weighted by atomic mass is 9.86. The first-order valence-corrected chi connectivity index (χ1v) is 6.47. The highest BCUT2D eigenvalue weighted by molar-refractivity contribution is 5.19. The smallest absolute Gasteiger partial charge is 0.123 e. The zero-order valence-corrected chi connectivity index (χ0v) is 11.7. The van der Waals surface area contributed by atoms with Crippen molar-refractivity contribution in [3.05, 3.63) is 35.6 Å². The molecule has 0 aliphatic carbocycles. The van der Waals surface area contributed by atoms with Crippen LogP contribution in [0.3, 0.4) is 0 Å². The standard InChI is InChI=1S/C15H24FNO/c1-11(18)9-15(3,4)10-17-12(2)13-5-7-14(16)8-6-13/h5-8,11-12,17-18H,9-10H2,1-4H3. The molecule has 0 bridgehead atoms. The minimum atomic E-state index is -0.289. The highest BCUT2D eigenvalue weighted by Crippen LogP contribution is 2.23. The van der Waals surface area contributed by atoms with Crippen molar-refractivity contribution in [2.75, 3.05) is 6.54 Å². The van der Waals surface area contributed by atoms with E-state index in [0.29, 0.717) is 0 Å². The Morgan fingerprint density at radius 2 is 1.78 bits per heavy atom. The van der Waals surface area contributed by atoms with Crippen LogP contribution in [0.15, 0.2) is 24.3 Å².